The van der Waals surface area contributed by atoms with Gasteiger partial charge < -0.3 is 0 Å². The molecule has 5 heteroatoms. The van der Waals surface area contributed by atoms with E-state index in [0.29, 0.717) is 44.7 Å². The molecule has 122 valence electrons. The van der Waals surface area contributed by atoms with E-state index in [9.17, 15) is 8.78 Å². The van der Waals surface area contributed by atoms with Crippen LogP contribution in [0.4, 0.5) is 8.78 Å². The standard InChI is InChI=1S/C17H14B2F2S.C2H6/c1-3-11(18)5-4-10(2)12-6-7-13(17(21)16(12)20)14-8-9-15(19)22-14;1-2/h3-5,8-9H,1,6-7H2,2H3;1-2H3/b10-4+,11-5+;. The maximum Gasteiger partial charge on any atom is 0.163 e. The Morgan fingerprint density at radius 1 is 1.17 bits per heavy atom. The SMILES string of the molecule is CC.[B]/C(C=C)=C/C=C(\C)C1=C(F)C(F)=C(c2ccc([B])s2)CC1. The van der Waals surface area contributed by atoms with E-state index < -0.39 is 11.7 Å². The highest BCUT2D eigenvalue weighted by atomic mass is 32.1. The Labute approximate surface area is 150 Å². The molecule has 0 bridgehead atoms. The molecule has 0 spiro atoms. The molecule has 0 saturated heterocycles. The van der Waals surface area contributed by atoms with Gasteiger partial charge in [-0.25, -0.2) is 8.78 Å². The minimum absolute atomic E-state index is 0.374. The molecule has 1 aliphatic carbocycles. The molecule has 0 atom stereocenters. The number of rotatable bonds is 4. The summed E-state index contributed by atoms with van der Waals surface area (Å²) in [5.41, 5.74) is 1.89. The maximum absolute atomic E-state index is 14.3. The quantitative estimate of drug-likeness (QED) is 0.505. The molecule has 0 fully saturated rings. The summed E-state index contributed by atoms with van der Waals surface area (Å²) >= 11 is 1.27. The van der Waals surface area contributed by atoms with Crippen molar-refractivity contribution in [3.05, 3.63) is 70.1 Å². The third kappa shape index (κ3) is 4.94. The van der Waals surface area contributed by atoms with Crippen LogP contribution in [0.3, 0.4) is 0 Å². The smallest absolute Gasteiger partial charge is 0.163 e. The first-order valence-corrected chi connectivity index (χ1v) is 8.66. The lowest BCUT2D eigenvalue weighted by molar-refractivity contribution is 0.527. The summed E-state index contributed by atoms with van der Waals surface area (Å²) in [4.78, 5) is 0.682. The average molecular weight is 340 g/mol. The van der Waals surface area contributed by atoms with Crippen LogP contribution < -0.4 is 4.78 Å². The van der Waals surface area contributed by atoms with Crippen molar-refractivity contribution in [3.8, 4) is 0 Å². The van der Waals surface area contributed by atoms with Gasteiger partial charge in [-0.05, 0) is 41.8 Å². The second kappa shape index (κ2) is 9.63. The number of thiophene rings is 1. The van der Waals surface area contributed by atoms with Crippen molar-refractivity contribution in [1.29, 1.82) is 0 Å². The third-order valence-corrected chi connectivity index (χ3v) is 4.48. The second-order valence-corrected chi connectivity index (χ2v) is 6.12. The van der Waals surface area contributed by atoms with Crippen LogP contribution in [-0.4, -0.2) is 15.7 Å². The Morgan fingerprint density at radius 3 is 2.38 bits per heavy atom. The zero-order chi connectivity index (χ0) is 18.3. The molecule has 1 aromatic heterocycles. The topological polar surface area (TPSA) is 0 Å². The predicted molar refractivity (Wildman–Crippen MR) is 104 cm³/mol. The molecule has 0 aromatic carbocycles. The zero-order valence-corrected chi connectivity index (χ0v) is 15.1. The Balaban J connectivity index is 0.00000139. The van der Waals surface area contributed by atoms with Gasteiger partial charge >= 0.3 is 0 Å². The van der Waals surface area contributed by atoms with E-state index in [1.165, 1.54) is 17.4 Å². The lowest BCUT2D eigenvalue weighted by atomic mass is 9.90. The monoisotopic (exact) mass is 340 g/mol. The highest BCUT2D eigenvalue weighted by Gasteiger charge is 2.24. The van der Waals surface area contributed by atoms with Gasteiger partial charge in [0.15, 0.2) is 11.7 Å². The van der Waals surface area contributed by atoms with Crippen molar-refractivity contribution in [3.63, 3.8) is 0 Å². The number of halogens is 2. The zero-order valence-electron chi connectivity index (χ0n) is 14.3. The molecule has 0 nitrogen and oxygen atoms in total. The van der Waals surface area contributed by atoms with Gasteiger partial charge in [-0.2, -0.15) is 11.3 Å². The third-order valence-electron chi connectivity index (χ3n) is 3.51. The van der Waals surface area contributed by atoms with Crippen molar-refractivity contribution < 1.29 is 8.78 Å². The molecular formula is C19H20B2F2S. The number of hydrogen-bond donors (Lipinski definition) is 0. The van der Waals surface area contributed by atoms with Crippen LogP contribution in [0.1, 0.15) is 38.5 Å². The lowest BCUT2D eigenvalue weighted by Crippen LogP contribution is -2.01. The molecule has 1 aromatic rings. The van der Waals surface area contributed by atoms with E-state index in [0.717, 1.165) is 0 Å². The van der Waals surface area contributed by atoms with Gasteiger partial charge in [-0.1, -0.05) is 50.2 Å². The van der Waals surface area contributed by atoms with Crippen LogP contribution in [0.15, 0.2) is 65.2 Å². The maximum atomic E-state index is 14.3. The highest BCUT2D eigenvalue weighted by molar-refractivity contribution is 7.20. The van der Waals surface area contributed by atoms with Crippen LogP contribution in [0.25, 0.3) is 5.57 Å². The van der Waals surface area contributed by atoms with E-state index in [1.54, 1.807) is 31.2 Å². The van der Waals surface area contributed by atoms with Crippen LogP contribution in [-0.2, 0) is 0 Å². The first-order valence-electron chi connectivity index (χ1n) is 7.84. The van der Waals surface area contributed by atoms with Gasteiger partial charge in [0, 0.05) is 10.5 Å². The molecule has 4 radical (unpaired) electrons. The molecule has 0 amide bonds. The van der Waals surface area contributed by atoms with Crippen LogP contribution in [0.5, 0.6) is 0 Å². The summed E-state index contributed by atoms with van der Waals surface area (Å²) in [6.07, 6.45) is 5.68. The van der Waals surface area contributed by atoms with Crippen LogP contribution >= 0.6 is 11.3 Å². The van der Waals surface area contributed by atoms with Gasteiger partial charge in [0.05, 0.1) is 0 Å². The van der Waals surface area contributed by atoms with E-state index in [1.807, 2.05) is 13.8 Å². The Morgan fingerprint density at radius 2 is 1.83 bits per heavy atom. The summed E-state index contributed by atoms with van der Waals surface area (Å²) in [7, 11) is 11.3. The average Bonchev–Trinajstić information content (AvgIpc) is 3.02. The van der Waals surface area contributed by atoms with E-state index in [2.05, 4.69) is 6.58 Å². The van der Waals surface area contributed by atoms with Gasteiger partial charge in [0.1, 0.15) is 15.7 Å². The molecule has 1 heterocycles. The molecule has 24 heavy (non-hydrogen) atoms. The Hall–Kier alpha value is -1.61. The van der Waals surface area contributed by atoms with E-state index >= 15 is 0 Å². The highest BCUT2D eigenvalue weighted by Crippen LogP contribution is 2.40. The van der Waals surface area contributed by atoms with E-state index in [4.69, 9.17) is 15.7 Å². The summed E-state index contributed by atoms with van der Waals surface area (Å²) in [5.74, 6) is -1.59. The molecule has 1 aliphatic rings. The van der Waals surface area contributed by atoms with Crippen molar-refractivity contribution in [2.24, 2.45) is 0 Å². The molecular weight excluding hydrogens is 320 g/mol. The normalized spacial score (nSPS) is 16.0. The molecule has 0 aliphatic heterocycles. The summed E-state index contributed by atoms with van der Waals surface area (Å²) < 4.78 is 29.3. The molecule has 2 rings (SSSR count). The van der Waals surface area contributed by atoms with Gasteiger partial charge in [0.2, 0.25) is 0 Å². The minimum Gasteiger partial charge on any atom is -0.203 e. The van der Waals surface area contributed by atoms with Gasteiger partial charge in [-0.3, -0.25) is 0 Å². The van der Waals surface area contributed by atoms with Gasteiger partial charge in [-0.15, -0.1) is 0 Å². The lowest BCUT2D eigenvalue weighted by Gasteiger charge is -2.18. The first kappa shape index (κ1) is 20.4. The fourth-order valence-corrected chi connectivity index (χ4v) is 3.08. The molecule has 0 N–H and O–H groups in total. The largest absolute Gasteiger partial charge is 0.203 e. The summed E-state index contributed by atoms with van der Waals surface area (Å²) in [6.45, 7) is 9.28. The Kier molecular flexibility index (Phi) is 8.20. The summed E-state index contributed by atoms with van der Waals surface area (Å²) in [6, 6.07) is 3.43. The second-order valence-electron chi connectivity index (χ2n) is 5.01. The van der Waals surface area contributed by atoms with Crippen LogP contribution in [0.2, 0.25) is 0 Å². The van der Waals surface area contributed by atoms with Crippen molar-refractivity contribution in [1.82, 2.24) is 0 Å². The van der Waals surface area contributed by atoms with Gasteiger partial charge in [0.25, 0.3) is 0 Å². The number of allylic oxidation sites excluding steroid dienone is 9. The van der Waals surface area contributed by atoms with Crippen molar-refractivity contribution in [2.45, 2.75) is 33.6 Å². The number of hydrogen-bond acceptors (Lipinski definition) is 1. The fourth-order valence-electron chi connectivity index (χ4n) is 2.24. The Bertz CT molecular complexity index is 721. The summed E-state index contributed by atoms with van der Waals surface area (Å²) in [5, 5.41) is 0. The minimum atomic E-state index is -0.799. The molecule has 0 unspecified atom stereocenters. The van der Waals surface area contributed by atoms with Crippen molar-refractivity contribution in [2.75, 3.05) is 0 Å². The molecule has 0 saturated carbocycles. The van der Waals surface area contributed by atoms with Crippen molar-refractivity contribution >= 4 is 37.4 Å². The van der Waals surface area contributed by atoms with E-state index in [-0.39, 0.29) is 0 Å². The first-order chi connectivity index (χ1) is 11.4. The fraction of sp³-hybridized carbons (Fsp3) is 0.263. The predicted octanol–water partition coefficient (Wildman–Crippen LogP) is 5.45. The van der Waals surface area contributed by atoms with Crippen LogP contribution in [0, 0.1) is 0 Å².